The first kappa shape index (κ1) is 22.0. The molecule has 31 heavy (non-hydrogen) atoms. The molecule has 0 saturated carbocycles. The summed E-state index contributed by atoms with van der Waals surface area (Å²) in [6, 6.07) is 1.08. The lowest BCUT2D eigenvalue weighted by Crippen LogP contribution is -2.39. The number of benzene rings is 1. The van der Waals surface area contributed by atoms with Crippen LogP contribution in [0, 0.1) is 29.3 Å². The maximum atomic E-state index is 14.3. The van der Waals surface area contributed by atoms with E-state index in [9.17, 15) is 31.8 Å². The number of anilines is 1. The second-order valence-corrected chi connectivity index (χ2v) is 10.1. The number of hydrogen-bond donors (Lipinski definition) is 2. The lowest BCUT2D eigenvalue weighted by Gasteiger charge is -2.36. The van der Waals surface area contributed by atoms with Gasteiger partial charge in [-0.3, -0.25) is 0 Å². The number of halogens is 3. The van der Waals surface area contributed by atoms with Crippen molar-refractivity contribution in [2.24, 2.45) is 11.8 Å². The van der Waals surface area contributed by atoms with Gasteiger partial charge in [-0.05, 0) is 24.8 Å². The number of sulfone groups is 1. The second kappa shape index (κ2) is 8.36. The molecule has 168 valence electrons. The van der Waals surface area contributed by atoms with Gasteiger partial charge < -0.3 is 15.1 Å². The van der Waals surface area contributed by atoms with Gasteiger partial charge >= 0.3 is 0 Å². The van der Waals surface area contributed by atoms with Crippen LogP contribution >= 0.6 is 0 Å². The van der Waals surface area contributed by atoms with Crippen molar-refractivity contribution in [2.75, 3.05) is 31.2 Å². The van der Waals surface area contributed by atoms with E-state index in [2.05, 4.69) is 9.97 Å². The first-order valence-corrected chi connectivity index (χ1v) is 11.8. The molecule has 1 aromatic carbocycles. The number of hydrogen-bond acceptors (Lipinski definition) is 7. The summed E-state index contributed by atoms with van der Waals surface area (Å²) in [5, 5.41) is 18.8. The van der Waals surface area contributed by atoms with Gasteiger partial charge in [-0.2, -0.15) is 0 Å². The largest absolute Gasteiger partial charge is 0.396 e. The van der Waals surface area contributed by atoms with Crippen LogP contribution in [-0.4, -0.2) is 54.9 Å². The minimum absolute atomic E-state index is 0.105. The Morgan fingerprint density at radius 3 is 2.29 bits per heavy atom. The first-order valence-electron chi connectivity index (χ1n) is 9.94. The molecule has 0 unspecified atom stereocenters. The number of aliphatic hydroxyl groups excluding tert-OH is 2. The average molecular weight is 457 g/mol. The van der Waals surface area contributed by atoms with Crippen LogP contribution in [0.2, 0.25) is 0 Å². The summed E-state index contributed by atoms with van der Waals surface area (Å²) in [4.78, 5) is 10.4. The molecule has 3 heterocycles. The van der Waals surface area contributed by atoms with Gasteiger partial charge in [0.25, 0.3) is 0 Å². The van der Waals surface area contributed by atoms with Crippen LogP contribution in [0.15, 0.2) is 12.1 Å². The number of rotatable bonds is 5. The first-order chi connectivity index (χ1) is 14.7. The molecule has 2 aliphatic rings. The minimum Gasteiger partial charge on any atom is -0.396 e. The third-order valence-corrected chi connectivity index (χ3v) is 7.46. The summed E-state index contributed by atoms with van der Waals surface area (Å²) in [5.41, 5.74) is 0.323. The molecule has 1 aromatic heterocycles. The van der Waals surface area contributed by atoms with Gasteiger partial charge in [-0.25, -0.2) is 31.6 Å². The van der Waals surface area contributed by atoms with Gasteiger partial charge in [0, 0.05) is 43.9 Å². The van der Waals surface area contributed by atoms with Crippen LogP contribution in [0.4, 0.5) is 19.0 Å². The van der Waals surface area contributed by atoms with Crippen molar-refractivity contribution >= 4 is 15.7 Å². The van der Waals surface area contributed by atoms with Gasteiger partial charge in [0.1, 0.15) is 11.6 Å². The van der Waals surface area contributed by atoms with E-state index in [1.54, 1.807) is 0 Å². The lowest BCUT2D eigenvalue weighted by atomic mass is 9.85. The lowest BCUT2D eigenvalue weighted by molar-refractivity contribution is 0.0946. The third-order valence-electron chi connectivity index (χ3n) is 6.02. The molecule has 2 N–H and O–H groups in total. The minimum atomic E-state index is -3.45. The average Bonchev–Trinajstić information content (AvgIpc) is 3.05. The van der Waals surface area contributed by atoms with Crippen molar-refractivity contribution < 1.29 is 31.8 Å². The maximum Gasteiger partial charge on any atom is 0.164 e. The highest BCUT2D eigenvalue weighted by Gasteiger charge is 2.34. The molecule has 0 atom stereocenters. The van der Waals surface area contributed by atoms with Gasteiger partial charge in [0.05, 0.1) is 22.8 Å². The van der Waals surface area contributed by atoms with Crippen molar-refractivity contribution in [3.63, 3.8) is 0 Å². The molecule has 2 aromatic rings. The SMILES string of the molecule is O=S1(=O)Cc2nc(-c3cc(F)c(F)cc3F)nc(N3CCC(C(CO)CO)CC3)c2C1. The molecular formula is C20H22F3N3O4S. The predicted molar refractivity (Wildman–Crippen MR) is 106 cm³/mol. The van der Waals surface area contributed by atoms with Crippen molar-refractivity contribution in [3.05, 3.63) is 40.8 Å². The standard InChI is InChI=1S/C20H22F3N3O4S/c21-15-6-17(23)16(22)5-13(15)19-24-18-10-31(29,30)9-14(18)20(25-19)26-3-1-11(2-4-26)12(7-27)8-28/h5-6,11-12,27-28H,1-4,7-10H2. The summed E-state index contributed by atoms with van der Waals surface area (Å²) < 4.78 is 65.9. The summed E-state index contributed by atoms with van der Waals surface area (Å²) in [6.07, 6.45) is 1.29. The van der Waals surface area contributed by atoms with E-state index < -0.39 is 27.3 Å². The van der Waals surface area contributed by atoms with E-state index in [-0.39, 0.29) is 53.6 Å². The Bertz CT molecular complexity index is 1100. The number of aromatic nitrogens is 2. The highest BCUT2D eigenvalue weighted by Crippen LogP contribution is 2.36. The predicted octanol–water partition coefficient (Wildman–Crippen LogP) is 1.81. The van der Waals surface area contributed by atoms with Crippen molar-refractivity contribution in [1.29, 1.82) is 0 Å². The van der Waals surface area contributed by atoms with Crippen LogP contribution < -0.4 is 4.90 Å². The zero-order valence-corrected chi connectivity index (χ0v) is 17.4. The van der Waals surface area contributed by atoms with Gasteiger partial charge in [-0.15, -0.1) is 0 Å². The monoisotopic (exact) mass is 457 g/mol. The molecule has 4 rings (SSSR count). The van der Waals surface area contributed by atoms with E-state index in [0.717, 1.165) is 0 Å². The van der Waals surface area contributed by atoms with Gasteiger partial charge in [-0.1, -0.05) is 0 Å². The molecule has 11 heteroatoms. The van der Waals surface area contributed by atoms with E-state index in [1.165, 1.54) is 0 Å². The van der Waals surface area contributed by atoms with E-state index in [4.69, 9.17) is 0 Å². The molecule has 1 saturated heterocycles. The molecule has 2 aliphatic heterocycles. The fourth-order valence-corrected chi connectivity index (χ4v) is 5.77. The zero-order valence-electron chi connectivity index (χ0n) is 16.6. The Labute approximate surface area is 177 Å². The summed E-state index contributed by atoms with van der Waals surface area (Å²) in [6.45, 7) is 0.735. The Hall–Kier alpha value is -2.24. The smallest absolute Gasteiger partial charge is 0.164 e. The van der Waals surface area contributed by atoms with Gasteiger partial charge in [0.15, 0.2) is 27.3 Å². The number of piperidine rings is 1. The molecule has 1 fully saturated rings. The van der Waals surface area contributed by atoms with Crippen LogP contribution in [0.3, 0.4) is 0 Å². The fraction of sp³-hybridized carbons (Fsp3) is 0.500. The number of aliphatic hydroxyl groups is 2. The molecule has 0 aliphatic carbocycles. The Balaban J connectivity index is 1.73. The fourth-order valence-electron chi connectivity index (χ4n) is 4.28. The quantitative estimate of drug-likeness (QED) is 0.660. The topological polar surface area (TPSA) is 104 Å². The van der Waals surface area contributed by atoms with Crippen molar-refractivity contribution in [1.82, 2.24) is 9.97 Å². The normalized spacial score (nSPS) is 18.6. The highest BCUT2D eigenvalue weighted by molar-refractivity contribution is 7.90. The van der Waals surface area contributed by atoms with Crippen LogP contribution in [0.25, 0.3) is 11.4 Å². The molecular weight excluding hydrogens is 435 g/mol. The second-order valence-electron chi connectivity index (χ2n) is 8.02. The summed E-state index contributed by atoms with van der Waals surface area (Å²) in [7, 11) is -3.45. The molecule has 0 bridgehead atoms. The van der Waals surface area contributed by atoms with Crippen molar-refractivity contribution in [3.8, 4) is 11.4 Å². The van der Waals surface area contributed by atoms with E-state index >= 15 is 0 Å². The van der Waals surface area contributed by atoms with Crippen LogP contribution in [0.1, 0.15) is 24.1 Å². The Morgan fingerprint density at radius 2 is 1.65 bits per heavy atom. The number of nitrogens with zero attached hydrogens (tertiary/aromatic N) is 3. The molecule has 0 spiro atoms. The zero-order chi connectivity index (χ0) is 22.3. The highest BCUT2D eigenvalue weighted by atomic mass is 32.2. The van der Waals surface area contributed by atoms with Crippen LogP contribution in [-0.2, 0) is 21.3 Å². The Kier molecular flexibility index (Phi) is 5.93. The summed E-state index contributed by atoms with van der Waals surface area (Å²) in [5.74, 6) is -4.19. The van der Waals surface area contributed by atoms with E-state index in [1.807, 2.05) is 4.90 Å². The van der Waals surface area contributed by atoms with E-state index in [0.29, 0.717) is 49.4 Å². The molecule has 7 nitrogen and oxygen atoms in total. The molecule has 0 radical (unpaired) electrons. The van der Waals surface area contributed by atoms with Crippen molar-refractivity contribution in [2.45, 2.75) is 24.3 Å². The maximum absolute atomic E-state index is 14.3. The van der Waals surface area contributed by atoms with Crippen LogP contribution in [0.5, 0.6) is 0 Å². The van der Waals surface area contributed by atoms with Gasteiger partial charge in [0.2, 0.25) is 0 Å². The number of fused-ring (bicyclic) bond motifs is 1. The summed E-state index contributed by atoms with van der Waals surface area (Å²) >= 11 is 0. The third kappa shape index (κ3) is 4.26. The Morgan fingerprint density at radius 1 is 1.00 bits per heavy atom. The molecule has 0 amide bonds.